The van der Waals surface area contributed by atoms with Crippen LogP contribution in [0, 0.1) is 0 Å². The second-order valence-electron chi connectivity index (χ2n) is 2.28. The van der Waals surface area contributed by atoms with E-state index in [-0.39, 0.29) is 19.1 Å². The molecule has 0 heterocycles. The van der Waals surface area contributed by atoms with Crippen LogP contribution in [-0.4, -0.2) is 30.4 Å². The van der Waals surface area contributed by atoms with Crippen molar-refractivity contribution in [3.63, 3.8) is 0 Å². The quantitative estimate of drug-likeness (QED) is 0.307. The lowest BCUT2D eigenvalue weighted by Gasteiger charge is -2.05. The van der Waals surface area contributed by atoms with Crippen LogP contribution in [0.25, 0.3) is 0 Å². The number of ether oxygens (including phenoxy) is 1. The molecule has 0 bridgehead atoms. The summed E-state index contributed by atoms with van der Waals surface area (Å²) in [7, 11) is 0. The molecule has 0 aliphatic carbocycles. The van der Waals surface area contributed by atoms with Gasteiger partial charge in [0.25, 0.3) is 0 Å². The zero-order valence-corrected chi connectivity index (χ0v) is 8.13. The zero-order chi connectivity index (χ0) is 10.3. The van der Waals surface area contributed by atoms with Crippen molar-refractivity contribution in [3.8, 4) is 0 Å². The average Bonchev–Trinajstić information content (AvgIpc) is 2.11. The largest absolute Gasteiger partial charge is 0.463 e. The highest BCUT2D eigenvalue weighted by Crippen LogP contribution is 1.95. The summed E-state index contributed by atoms with van der Waals surface area (Å²) in [5.74, 6) is -0.788. The molecule has 0 aromatic carbocycles. The fourth-order valence-corrected chi connectivity index (χ4v) is 0.576. The molecule has 0 radical (unpaired) electrons. The zero-order valence-electron chi connectivity index (χ0n) is 7.38. The Morgan fingerprint density at radius 3 is 2.77 bits per heavy atom. The lowest BCUT2D eigenvalue weighted by Crippen LogP contribution is -2.27. The molecule has 1 atom stereocenters. The van der Waals surface area contributed by atoms with Gasteiger partial charge in [-0.1, -0.05) is 6.58 Å². The van der Waals surface area contributed by atoms with Crippen molar-refractivity contribution >= 4 is 23.5 Å². The van der Waals surface area contributed by atoms with E-state index < -0.39 is 11.3 Å². The monoisotopic (exact) mass is 205 g/mol. The third-order valence-corrected chi connectivity index (χ3v) is 1.33. The molecule has 0 saturated carbocycles. The molecule has 0 saturated heterocycles. The molecule has 0 fully saturated rings. The standard InChI is InChI=1S/C8H12ClNO3/c1-3-7(11)10-4-5-13-8(12)6(2)9/h3,6H,1,4-5H2,2H3,(H,10,11). The second-order valence-corrected chi connectivity index (χ2v) is 2.93. The predicted octanol–water partition coefficient (Wildman–Crippen LogP) is 0.459. The van der Waals surface area contributed by atoms with Crippen LogP contribution in [0.4, 0.5) is 0 Å². The maximum atomic E-state index is 10.8. The highest BCUT2D eigenvalue weighted by atomic mass is 35.5. The van der Waals surface area contributed by atoms with Gasteiger partial charge in [-0.25, -0.2) is 0 Å². The summed E-state index contributed by atoms with van der Waals surface area (Å²) < 4.78 is 4.68. The van der Waals surface area contributed by atoms with E-state index in [0.29, 0.717) is 0 Å². The SMILES string of the molecule is C=CC(=O)NCCOC(=O)C(C)Cl. The van der Waals surface area contributed by atoms with Gasteiger partial charge in [0.05, 0.1) is 6.54 Å². The molecule has 0 aliphatic rings. The summed E-state index contributed by atoms with van der Waals surface area (Å²) in [5, 5.41) is 1.79. The number of amides is 1. The van der Waals surface area contributed by atoms with Gasteiger partial charge >= 0.3 is 5.97 Å². The van der Waals surface area contributed by atoms with Crippen molar-refractivity contribution in [1.29, 1.82) is 0 Å². The molecule has 4 nitrogen and oxygen atoms in total. The van der Waals surface area contributed by atoms with E-state index >= 15 is 0 Å². The molecule has 74 valence electrons. The van der Waals surface area contributed by atoms with E-state index in [2.05, 4.69) is 16.6 Å². The third-order valence-electron chi connectivity index (χ3n) is 1.16. The van der Waals surface area contributed by atoms with Gasteiger partial charge in [0, 0.05) is 0 Å². The lowest BCUT2D eigenvalue weighted by atomic mass is 10.5. The number of carbonyl (C=O) groups excluding carboxylic acids is 2. The average molecular weight is 206 g/mol. The first-order valence-corrected chi connectivity index (χ1v) is 4.22. The minimum absolute atomic E-state index is 0.121. The van der Waals surface area contributed by atoms with Crippen LogP contribution in [0.1, 0.15) is 6.92 Å². The third kappa shape index (κ3) is 6.16. The molecule has 0 aromatic heterocycles. The van der Waals surface area contributed by atoms with Crippen molar-refractivity contribution in [1.82, 2.24) is 5.32 Å². The Morgan fingerprint density at radius 2 is 2.31 bits per heavy atom. The van der Waals surface area contributed by atoms with Crippen molar-refractivity contribution in [3.05, 3.63) is 12.7 Å². The van der Waals surface area contributed by atoms with Crippen LogP contribution in [0.2, 0.25) is 0 Å². The normalized spacial score (nSPS) is 11.5. The molecule has 0 rings (SSSR count). The Hall–Kier alpha value is -1.03. The van der Waals surface area contributed by atoms with E-state index in [1.54, 1.807) is 0 Å². The van der Waals surface area contributed by atoms with Crippen LogP contribution < -0.4 is 5.32 Å². The molecule has 0 aromatic rings. The fourth-order valence-electron chi connectivity index (χ4n) is 0.513. The summed E-state index contributed by atoms with van der Waals surface area (Å²) in [5.41, 5.74) is 0. The summed E-state index contributed by atoms with van der Waals surface area (Å²) in [6.07, 6.45) is 1.14. The molecule has 1 amide bonds. The van der Waals surface area contributed by atoms with E-state index in [4.69, 9.17) is 11.6 Å². The number of carbonyl (C=O) groups is 2. The molecule has 0 aliphatic heterocycles. The molecule has 5 heteroatoms. The minimum atomic E-state index is -0.657. The number of rotatable bonds is 5. The van der Waals surface area contributed by atoms with Crippen molar-refractivity contribution < 1.29 is 14.3 Å². The second kappa shape index (κ2) is 6.48. The Morgan fingerprint density at radius 1 is 1.69 bits per heavy atom. The fraction of sp³-hybridized carbons (Fsp3) is 0.500. The number of esters is 1. The topological polar surface area (TPSA) is 55.4 Å². The van der Waals surface area contributed by atoms with E-state index in [1.165, 1.54) is 6.92 Å². The Kier molecular flexibility index (Phi) is 5.97. The van der Waals surface area contributed by atoms with E-state index in [1.807, 2.05) is 0 Å². The number of nitrogens with one attached hydrogen (secondary N) is 1. The van der Waals surface area contributed by atoms with Gasteiger partial charge in [-0.15, -0.1) is 11.6 Å². The van der Waals surface area contributed by atoms with Gasteiger partial charge in [0.2, 0.25) is 5.91 Å². The number of hydrogen-bond donors (Lipinski definition) is 1. The summed E-state index contributed by atoms with van der Waals surface area (Å²) in [6, 6.07) is 0. The lowest BCUT2D eigenvalue weighted by molar-refractivity contribution is -0.143. The molecule has 1 N–H and O–H groups in total. The Bertz CT molecular complexity index is 204. The molecular weight excluding hydrogens is 194 g/mol. The van der Waals surface area contributed by atoms with Gasteiger partial charge in [-0.2, -0.15) is 0 Å². The van der Waals surface area contributed by atoms with Crippen LogP contribution >= 0.6 is 11.6 Å². The van der Waals surface area contributed by atoms with Gasteiger partial charge in [-0.05, 0) is 13.0 Å². The van der Waals surface area contributed by atoms with Crippen molar-refractivity contribution in [2.24, 2.45) is 0 Å². The van der Waals surface area contributed by atoms with Gasteiger partial charge in [0.15, 0.2) is 0 Å². The van der Waals surface area contributed by atoms with Crippen LogP contribution in [0.3, 0.4) is 0 Å². The molecular formula is C8H12ClNO3. The Labute approximate surface area is 81.9 Å². The minimum Gasteiger partial charge on any atom is -0.463 e. The first-order valence-electron chi connectivity index (χ1n) is 3.79. The first kappa shape index (κ1) is 12.0. The smallest absolute Gasteiger partial charge is 0.323 e. The van der Waals surface area contributed by atoms with Crippen LogP contribution in [0.5, 0.6) is 0 Å². The first-order chi connectivity index (χ1) is 6.07. The summed E-state index contributed by atoms with van der Waals surface area (Å²) >= 11 is 5.42. The number of hydrogen-bond acceptors (Lipinski definition) is 3. The van der Waals surface area contributed by atoms with Crippen LogP contribution in [0.15, 0.2) is 12.7 Å². The summed E-state index contributed by atoms with van der Waals surface area (Å²) in [6.45, 7) is 5.17. The van der Waals surface area contributed by atoms with E-state index in [0.717, 1.165) is 6.08 Å². The maximum absolute atomic E-state index is 10.8. The van der Waals surface area contributed by atoms with Crippen molar-refractivity contribution in [2.75, 3.05) is 13.2 Å². The Balaban J connectivity index is 3.41. The number of alkyl halides is 1. The summed E-state index contributed by atoms with van der Waals surface area (Å²) in [4.78, 5) is 21.4. The van der Waals surface area contributed by atoms with Gasteiger partial charge in [0.1, 0.15) is 12.0 Å². The van der Waals surface area contributed by atoms with Crippen molar-refractivity contribution in [2.45, 2.75) is 12.3 Å². The van der Waals surface area contributed by atoms with Gasteiger partial charge in [-0.3, -0.25) is 9.59 Å². The predicted molar refractivity (Wildman–Crippen MR) is 49.5 cm³/mol. The molecule has 1 unspecified atom stereocenters. The highest BCUT2D eigenvalue weighted by molar-refractivity contribution is 6.29. The number of halogens is 1. The van der Waals surface area contributed by atoms with Gasteiger partial charge < -0.3 is 10.1 Å². The maximum Gasteiger partial charge on any atom is 0.323 e. The van der Waals surface area contributed by atoms with E-state index in [9.17, 15) is 9.59 Å². The van der Waals surface area contributed by atoms with Crippen LogP contribution in [-0.2, 0) is 14.3 Å². The molecule has 13 heavy (non-hydrogen) atoms. The highest BCUT2D eigenvalue weighted by Gasteiger charge is 2.09. The molecule has 0 spiro atoms.